The van der Waals surface area contributed by atoms with Crippen LogP contribution in [0.15, 0.2) is 24.3 Å². The molecular formula is C18H27N3O3. The van der Waals surface area contributed by atoms with Gasteiger partial charge in [0, 0.05) is 25.3 Å². The second-order valence-corrected chi connectivity index (χ2v) is 6.15. The van der Waals surface area contributed by atoms with Gasteiger partial charge >= 0.3 is 6.03 Å². The Kier molecular flexibility index (Phi) is 7.55. The highest BCUT2D eigenvalue weighted by atomic mass is 16.5. The van der Waals surface area contributed by atoms with E-state index in [1.54, 1.807) is 24.3 Å². The minimum Gasteiger partial charge on any atom is -0.378 e. The first-order valence-electron chi connectivity index (χ1n) is 8.67. The van der Waals surface area contributed by atoms with E-state index in [9.17, 15) is 9.59 Å². The van der Waals surface area contributed by atoms with Crippen molar-refractivity contribution in [3.63, 3.8) is 0 Å². The lowest BCUT2D eigenvalue weighted by Gasteiger charge is -2.21. The standard InChI is InChI=1S/C18H27N3O3/c19-18(23)21-13-14-7-9-15(10-8-14)17(22)20-11-4-12-24-16-5-2-1-3-6-16/h7-10,16H,1-6,11-13H2,(H,20,22)(H3,19,21,23). The lowest BCUT2D eigenvalue weighted by atomic mass is 9.98. The molecule has 1 aromatic rings. The Hall–Kier alpha value is -2.08. The van der Waals surface area contributed by atoms with E-state index < -0.39 is 6.03 Å². The fraction of sp³-hybridized carbons (Fsp3) is 0.556. The Morgan fingerprint density at radius 3 is 2.46 bits per heavy atom. The molecule has 132 valence electrons. The van der Waals surface area contributed by atoms with E-state index in [1.807, 2.05) is 0 Å². The van der Waals surface area contributed by atoms with Crippen molar-refractivity contribution < 1.29 is 14.3 Å². The summed E-state index contributed by atoms with van der Waals surface area (Å²) in [7, 11) is 0. The molecule has 0 saturated heterocycles. The molecule has 0 heterocycles. The number of ether oxygens (including phenoxy) is 1. The molecule has 0 spiro atoms. The number of amides is 3. The molecule has 0 unspecified atom stereocenters. The van der Waals surface area contributed by atoms with Gasteiger partial charge in [-0.05, 0) is 37.0 Å². The third-order valence-corrected chi connectivity index (χ3v) is 4.20. The van der Waals surface area contributed by atoms with Gasteiger partial charge in [0.25, 0.3) is 5.91 Å². The van der Waals surface area contributed by atoms with Crippen molar-refractivity contribution in [3.05, 3.63) is 35.4 Å². The van der Waals surface area contributed by atoms with Crippen LogP contribution < -0.4 is 16.4 Å². The van der Waals surface area contributed by atoms with E-state index in [0.29, 0.717) is 31.4 Å². The highest BCUT2D eigenvalue weighted by Gasteiger charge is 2.13. The minimum atomic E-state index is -0.563. The summed E-state index contributed by atoms with van der Waals surface area (Å²) >= 11 is 0. The van der Waals surface area contributed by atoms with Crippen molar-refractivity contribution in [1.29, 1.82) is 0 Å². The third-order valence-electron chi connectivity index (χ3n) is 4.20. The van der Waals surface area contributed by atoms with Crippen LogP contribution in [0.3, 0.4) is 0 Å². The number of hydrogen-bond acceptors (Lipinski definition) is 3. The van der Waals surface area contributed by atoms with Crippen LogP contribution in [0.25, 0.3) is 0 Å². The second-order valence-electron chi connectivity index (χ2n) is 6.15. The second kappa shape index (κ2) is 9.93. The SMILES string of the molecule is NC(=O)NCc1ccc(C(=O)NCCCOC2CCCCC2)cc1. The predicted octanol–water partition coefficient (Wildman–Crippen LogP) is 2.32. The van der Waals surface area contributed by atoms with Gasteiger partial charge in [-0.2, -0.15) is 0 Å². The van der Waals surface area contributed by atoms with Crippen LogP contribution >= 0.6 is 0 Å². The average Bonchev–Trinajstić information content (AvgIpc) is 2.61. The quantitative estimate of drug-likeness (QED) is 0.637. The average molecular weight is 333 g/mol. The molecule has 3 amide bonds. The van der Waals surface area contributed by atoms with Crippen molar-refractivity contribution in [1.82, 2.24) is 10.6 Å². The molecule has 6 nitrogen and oxygen atoms in total. The van der Waals surface area contributed by atoms with Crippen molar-refractivity contribution in [2.45, 2.75) is 51.2 Å². The zero-order valence-corrected chi connectivity index (χ0v) is 14.1. The lowest BCUT2D eigenvalue weighted by Crippen LogP contribution is -2.28. The van der Waals surface area contributed by atoms with Crippen LogP contribution in [-0.4, -0.2) is 31.2 Å². The summed E-state index contributed by atoms with van der Waals surface area (Å²) in [5.41, 5.74) is 6.52. The highest BCUT2D eigenvalue weighted by molar-refractivity contribution is 5.94. The molecule has 1 fully saturated rings. The molecule has 1 aromatic carbocycles. The van der Waals surface area contributed by atoms with Crippen LogP contribution in [0.4, 0.5) is 4.79 Å². The Balaban J connectivity index is 1.62. The first-order chi connectivity index (χ1) is 11.6. The number of nitrogens with two attached hydrogens (primary N) is 1. The van der Waals surface area contributed by atoms with Crippen LogP contribution in [0, 0.1) is 0 Å². The molecule has 4 N–H and O–H groups in total. The molecule has 2 rings (SSSR count). The van der Waals surface area contributed by atoms with E-state index in [-0.39, 0.29) is 5.91 Å². The lowest BCUT2D eigenvalue weighted by molar-refractivity contribution is 0.0273. The van der Waals surface area contributed by atoms with Gasteiger partial charge in [-0.15, -0.1) is 0 Å². The molecule has 1 aliphatic rings. The first-order valence-corrected chi connectivity index (χ1v) is 8.67. The fourth-order valence-electron chi connectivity index (χ4n) is 2.82. The molecular weight excluding hydrogens is 306 g/mol. The molecule has 24 heavy (non-hydrogen) atoms. The summed E-state index contributed by atoms with van der Waals surface area (Å²) in [6.45, 7) is 1.66. The van der Waals surface area contributed by atoms with Gasteiger partial charge in [0.15, 0.2) is 0 Å². The first kappa shape index (κ1) is 18.3. The number of carbonyl (C=O) groups is 2. The van der Waals surface area contributed by atoms with Gasteiger partial charge in [-0.3, -0.25) is 4.79 Å². The maximum absolute atomic E-state index is 12.0. The van der Waals surface area contributed by atoms with Crippen molar-refractivity contribution >= 4 is 11.9 Å². The summed E-state index contributed by atoms with van der Waals surface area (Å²) in [6.07, 6.45) is 7.44. The monoisotopic (exact) mass is 333 g/mol. The van der Waals surface area contributed by atoms with E-state index in [2.05, 4.69) is 10.6 Å². The Bertz CT molecular complexity index is 525. The number of urea groups is 1. The zero-order valence-electron chi connectivity index (χ0n) is 14.1. The highest BCUT2D eigenvalue weighted by Crippen LogP contribution is 2.20. The third kappa shape index (κ3) is 6.58. The smallest absolute Gasteiger partial charge is 0.312 e. The molecule has 0 aromatic heterocycles. The van der Waals surface area contributed by atoms with Crippen LogP contribution in [0.1, 0.15) is 54.4 Å². The molecule has 0 atom stereocenters. The molecule has 1 saturated carbocycles. The van der Waals surface area contributed by atoms with Gasteiger partial charge in [0.2, 0.25) is 0 Å². The van der Waals surface area contributed by atoms with Crippen molar-refractivity contribution in [3.8, 4) is 0 Å². The zero-order chi connectivity index (χ0) is 17.2. The van der Waals surface area contributed by atoms with Crippen LogP contribution in [0.5, 0.6) is 0 Å². The van der Waals surface area contributed by atoms with Crippen molar-refractivity contribution in [2.75, 3.05) is 13.2 Å². The molecule has 1 aliphatic carbocycles. The van der Waals surface area contributed by atoms with Gasteiger partial charge in [0.1, 0.15) is 0 Å². The number of hydrogen-bond donors (Lipinski definition) is 3. The summed E-state index contributed by atoms with van der Waals surface area (Å²) in [5, 5.41) is 5.41. The van der Waals surface area contributed by atoms with Gasteiger partial charge in [-0.25, -0.2) is 4.79 Å². The van der Waals surface area contributed by atoms with Gasteiger partial charge < -0.3 is 21.1 Å². The fourth-order valence-corrected chi connectivity index (χ4v) is 2.82. The van der Waals surface area contributed by atoms with Gasteiger partial charge in [0.05, 0.1) is 6.10 Å². The summed E-state index contributed by atoms with van der Waals surface area (Å²) in [5.74, 6) is -0.0953. The molecule has 6 heteroatoms. The van der Waals surface area contributed by atoms with Crippen molar-refractivity contribution in [2.24, 2.45) is 5.73 Å². The van der Waals surface area contributed by atoms with E-state index in [1.165, 1.54) is 32.1 Å². The Morgan fingerprint density at radius 2 is 1.79 bits per heavy atom. The number of carbonyl (C=O) groups excluding carboxylic acids is 2. The van der Waals surface area contributed by atoms with E-state index >= 15 is 0 Å². The summed E-state index contributed by atoms with van der Waals surface area (Å²) in [6, 6.07) is 6.53. The van der Waals surface area contributed by atoms with E-state index in [4.69, 9.17) is 10.5 Å². The maximum atomic E-state index is 12.0. The summed E-state index contributed by atoms with van der Waals surface area (Å²) in [4.78, 5) is 22.7. The number of rotatable bonds is 8. The maximum Gasteiger partial charge on any atom is 0.312 e. The molecule has 0 aliphatic heterocycles. The van der Waals surface area contributed by atoms with Gasteiger partial charge in [-0.1, -0.05) is 31.4 Å². The minimum absolute atomic E-state index is 0.0953. The predicted molar refractivity (Wildman–Crippen MR) is 92.6 cm³/mol. The Labute approximate surface area is 143 Å². The van der Waals surface area contributed by atoms with E-state index in [0.717, 1.165) is 12.0 Å². The summed E-state index contributed by atoms with van der Waals surface area (Å²) < 4.78 is 5.84. The topological polar surface area (TPSA) is 93.5 Å². The normalized spacial score (nSPS) is 15.0. The number of nitrogens with one attached hydrogen (secondary N) is 2. The number of benzene rings is 1. The van der Waals surface area contributed by atoms with Crippen LogP contribution in [0.2, 0.25) is 0 Å². The number of primary amides is 1. The largest absolute Gasteiger partial charge is 0.378 e. The molecule has 0 radical (unpaired) electrons. The molecule has 0 bridgehead atoms. The Morgan fingerprint density at radius 1 is 1.08 bits per heavy atom. The van der Waals surface area contributed by atoms with Crippen LogP contribution in [-0.2, 0) is 11.3 Å².